The van der Waals surface area contributed by atoms with Gasteiger partial charge in [0.25, 0.3) is 0 Å². The van der Waals surface area contributed by atoms with Crippen molar-refractivity contribution in [1.82, 2.24) is 4.98 Å². The summed E-state index contributed by atoms with van der Waals surface area (Å²) in [6.07, 6.45) is 1.89. The van der Waals surface area contributed by atoms with Crippen molar-refractivity contribution in [3.8, 4) is 11.5 Å². The van der Waals surface area contributed by atoms with Crippen molar-refractivity contribution >= 4 is 17.0 Å². The lowest BCUT2D eigenvalue weighted by Crippen LogP contribution is -2.00. The summed E-state index contributed by atoms with van der Waals surface area (Å²) < 4.78 is 10.5. The molecule has 0 fully saturated rings. The number of nitrogens with zero attached hydrogens (tertiary/aromatic N) is 1. The van der Waals surface area contributed by atoms with Crippen LogP contribution in [-0.2, 0) is 6.54 Å². The molecule has 0 aliphatic heterocycles. The number of anilines is 1. The maximum Gasteiger partial charge on any atom is 0.142 e. The van der Waals surface area contributed by atoms with Gasteiger partial charge in [-0.3, -0.25) is 0 Å². The molecule has 0 bridgehead atoms. The molecule has 96 valence electrons. The Bertz CT molecular complexity index is 525. The third-order valence-electron chi connectivity index (χ3n) is 2.53. The smallest absolute Gasteiger partial charge is 0.142 e. The fourth-order valence-electron chi connectivity index (χ4n) is 1.62. The number of benzene rings is 1. The first kappa shape index (κ1) is 12.7. The minimum atomic E-state index is 0.731. The highest BCUT2D eigenvalue weighted by molar-refractivity contribution is 7.11. The molecule has 1 N–H and O–H groups in total. The van der Waals surface area contributed by atoms with E-state index < -0.39 is 0 Å². The van der Waals surface area contributed by atoms with E-state index in [-0.39, 0.29) is 0 Å². The Morgan fingerprint density at radius 1 is 1.28 bits per heavy atom. The lowest BCUT2D eigenvalue weighted by molar-refractivity contribution is 0.404. The Balaban J connectivity index is 2.11. The Kier molecular flexibility index (Phi) is 4.04. The first-order valence-corrected chi connectivity index (χ1v) is 6.42. The van der Waals surface area contributed by atoms with Crippen molar-refractivity contribution in [2.24, 2.45) is 0 Å². The van der Waals surface area contributed by atoms with Crippen LogP contribution in [0.25, 0.3) is 0 Å². The molecule has 4 nitrogen and oxygen atoms in total. The van der Waals surface area contributed by atoms with Gasteiger partial charge in [0.2, 0.25) is 0 Å². The second-order valence-corrected chi connectivity index (χ2v) is 5.08. The van der Waals surface area contributed by atoms with Crippen molar-refractivity contribution in [1.29, 1.82) is 0 Å². The minimum Gasteiger partial charge on any atom is -0.497 e. The van der Waals surface area contributed by atoms with Gasteiger partial charge < -0.3 is 14.8 Å². The number of ether oxygens (including phenoxy) is 2. The molecule has 18 heavy (non-hydrogen) atoms. The molecule has 1 heterocycles. The molecule has 1 aromatic carbocycles. The second-order valence-electron chi connectivity index (χ2n) is 3.77. The zero-order valence-electron chi connectivity index (χ0n) is 10.7. The SMILES string of the molecule is COc1ccc(OC)c(NCc2cnc(C)s2)c1. The van der Waals surface area contributed by atoms with Crippen LogP contribution >= 0.6 is 11.3 Å². The molecule has 1 aromatic heterocycles. The normalized spacial score (nSPS) is 10.2. The lowest BCUT2D eigenvalue weighted by Gasteiger charge is -2.11. The van der Waals surface area contributed by atoms with Crippen LogP contribution in [0.15, 0.2) is 24.4 Å². The van der Waals surface area contributed by atoms with Gasteiger partial charge in [0.15, 0.2) is 0 Å². The molecule has 0 aliphatic rings. The maximum atomic E-state index is 5.31. The summed E-state index contributed by atoms with van der Waals surface area (Å²) in [5.74, 6) is 1.61. The number of hydrogen-bond donors (Lipinski definition) is 1. The van der Waals surface area contributed by atoms with E-state index in [1.165, 1.54) is 4.88 Å². The Labute approximate surface area is 111 Å². The zero-order valence-corrected chi connectivity index (χ0v) is 11.5. The molecule has 0 atom stereocenters. The number of aromatic nitrogens is 1. The van der Waals surface area contributed by atoms with Gasteiger partial charge in [-0.2, -0.15) is 0 Å². The van der Waals surface area contributed by atoms with Crippen molar-refractivity contribution in [3.05, 3.63) is 34.3 Å². The lowest BCUT2D eigenvalue weighted by atomic mass is 10.2. The molecular formula is C13H16N2O2S. The highest BCUT2D eigenvalue weighted by Gasteiger charge is 2.05. The number of thiazole rings is 1. The Hall–Kier alpha value is -1.75. The molecule has 0 radical (unpaired) electrons. The second kappa shape index (κ2) is 5.73. The molecule has 0 unspecified atom stereocenters. The average molecular weight is 264 g/mol. The summed E-state index contributed by atoms with van der Waals surface area (Å²) in [6, 6.07) is 5.69. The van der Waals surface area contributed by atoms with Crippen LogP contribution in [0.1, 0.15) is 9.88 Å². The standard InChI is InChI=1S/C13H16N2O2S/c1-9-14-7-11(18-9)8-15-12-6-10(16-2)4-5-13(12)17-3/h4-7,15H,8H2,1-3H3. The molecule has 0 spiro atoms. The molecule has 2 rings (SSSR count). The van der Waals surface area contributed by atoms with E-state index in [0.717, 1.165) is 28.7 Å². The summed E-state index contributed by atoms with van der Waals surface area (Å²) in [4.78, 5) is 5.42. The van der Waals surface area contributed by atoms with E-state index in [1.807, 2.05) is 31.3 Å². The third kappa shape index (κ3) is 2.92. The van der Waals surface area contributed by atoms with Gasteiger partial charge >= 0.3 is 0 Å². The van der Waals surface area contributed by atoms with E-state index in [2.05, 4.69) is 10.3 Å². The fraction of sp³-hybridized carbons (Fsp3) is 0.308. The van der Waals surface area contributed by atoms with Crippen LogP contribution in [0.5, 0.6) is 11.5 Å². The quantitative estimate of drug-likeness (QED) is 0.901. The Morgan fingerprint density at radius 2 is 2.11 bits per heavy atom. The number of rotatable bonds is 5. The van der Waals surface area contributed by atoms with Gasteiger partial charge in [-0.05, 0) is 19.1 Å². The molecular weight excluding hydrogens is 248 g/mol. The highest BCUT2D eigenvalue weighted by Crippen LogP contribution is 2.29. The van der Waals surface area contributed by atoms with Gasteiger partial charge in [-0.25, -0.2) is 4.98 Å². The number of nitrogens with one attached hydrogen (secondary N) is 1. The molecule has 0 saturated carbocycles. The predicted molar refractivity (Wildman–Crippen MR) is 73.7 cm³/mol. The molecule has 2 aromatic rings. The molecule has 0 saturated heterocycles. The van der Waals surface area contributed by atoms with Crippen LogP contribution in [-0.4, -0.2) is 19.2 Å². The summed E-state index contributed by atoms with van der Waals surface area (Å²) in [5, 5.41) is 4.41. The van der Waals surface area contributed by atoms with Crippen molar-refractivity contribution < 1.29 is 9.47 Å². The summed E-state index contributed by atoms with van der Waals surface area (Å²) in [5.41, 5.74) is 0.919. The third-order valence-corrected chi connectivity index (χ3v) is 3.44. The van der Waals surface area contributed by atoms with Crippen LogP contribution < -0.4 is 14.8 Å². The van der Waals surface area contributed by atoms with Gasteiger partial charge in [0.1, 0.15) is 11.5 Å². The van der Waals surface area contributed by atoms with Crippen molar-refractivity contribution in [2.75, 3.05) is 19.5 Å². The summed E-state index contributed by atoms with van der Waals surface area (Å²) in [6.45, 7) is 2.73. The number of methoxy groups -OCH3 is 2. The van der Waals surface area contributed by atoms with E-state index in [9.17, 15) is 0 Å². The minimum absolute atomic E-state index is 0.731. The number of aryl methyl sites for hydroxylation is 1. The van der Waals surface area contributed by atoms with Gasteiger partial charge in [0, 0.05) is 17.1 Å². The van der Waals surface area contributed by atoms with E-state index in [0.29, 0.717) is 0 Å². The van der Waals surface area contributed by atoms with E-state index in [4.69, 9.17) is 9.47 Å². The predicted octanol–water partition coefficient (Wildman–Crippen LogP) is 3.08. The van der Waals surface area contributed by atoms with Gasteiger partial charge in [-0.15, -0.1) is 11.3 Å². The molecule has 5 heteroatoms. The van der Waals surface area contributed by atoms with Crippen LogP contribution in [0.2, 0.25) is 0 Å². The monoisotopic (exact) mass is 264 g/mol. The zero-order chi connectivity index (χ0) is 13.0. The fourth-order valence-corrected chi connectivity index (χ4v) is 2.36. The largest absolute Gasteiger partial charge is 0.497 e. The van der Waals surface area contributed by atoms with Crippen molar-refractivity contribution in [2.45, 2.75) is 13.5 Å². The Morgan fingerprint density at radius 3 is 2.72 bits per heavy atom. The van der Waals surface area contributed by atoms with E-state index >= 15 is 0 Å². The van der Waals surface area contributed by atoms with Gasteiger partial charge in [0.05, 0.1) is 31.5 Å². The van der Waals surface area contributed by atoms with Crippen LogP contribution in [0.3, 0.4) is 0 Å². The van der Waals surface area contributed by atoms with Gasteiger partial charge in [-0.1, -0.05) is 0 Å². The maximum absolute atomic E-state index is 5.31. The first-order chi connectivity index (χ1) is 8.72. The topological polar surface area (TPSA) is 43.4 Å². The average Bonchev–Trinajstić information content (AvgIpc) is 2.81. The summed E-state index contributed by atoms with van der Waals surface area (Å²) >= 11 is 1.68. The van der Waals surface area contributed by atoms with Crippen molar-refractivity contribution in [3.63, 3.8) is 0 Å². The molecule has 0 aliphatic carbocycles. The van der Waals surface area contributed by atoms with Crippen LogP contribution in [0, 0.1) is 6.92 Å². The van der Waals surface area contributed by atoms with E-state index in [1.54, 1.807) is 25.6 Å². The first-order valence-electron chi connectivity index (χ1n) is 5.60. The molecule has 0 amide bonds. The van der Waals surface area contributed by atoms with Crippen LogP contribution in [0.4, 0.5) is 5.69 Å². The highest BCUT2D eigenvalue weighted by atomic mass is 32.1. The number of hydrogen-bond acceptors (Lipinski definition) is 5. The summed E-state index contributed by atoms with van der Waals surface area (Å²) in [7, 11) is 3.31.